The van der Waals surface area contributed by atoms with Crippen LogP contribution < -0.4 is 11.1 Å². The van der Waals surface area contributed by atoms with Gasteiger partial charge in [-0.15, -0.1) is 5.10 Å². The van der Waals surface area contributed by atoms with E-state index in [0.717, 1.165) is 17.9 Å². The van der Waals surface area contributed by atoms with Crippen molar-refractivity contribution in [2.75, 3.05) is 5.32 Å². The van der Waals surface area contributed by atoms with Gasteiger partial charge in [-0.2, -0.15) is 5.10 Å². The quantitative estimate of drug-likeness (QED) is 0.803. The van der Waals surface area contributed by atoms with Gasteiger partial charge in [-0.1, -0.05) is 26.1 Å². The van der Waals surface area contributed by atoms with Crippen LogP contribution >= 0.6 is 12.2 Å². The van der Waals surface area contributed by atoms with Crippen LogP contribution in [0.4, 0.5) is 5.82 Å². The molecule has 1 heterocycles. The summed E-state index contributed by atoms with van der Waals surface area (Å²) in [5.74, 6) is 2.10. The Morgan fingerprint density at radius 3 is 2.82 bits per heavy atom. The molecule has 5 heteroatoms. The van der Waals surface area contributed by atoms with Crippen LogP contribution in [0.15, 0.2) is 12.3 Å². The predicted molar refractivity (Wildman–Crippen MR) is 72.9 cm³/mol. The Balaban J connectivity index is 2.16. The molecule has 0 amide bonds. The number of hydrogen-bond donors (Lipinski definition) is 2. The second kappa shape index (κ2) is 4.96. The molecule has 0 aliphatic heterocycles. The van der Waals surface area contributed by atoms with Crippen LogP contribution in [0.1, 0.15) is 32.3 Å². The molecule has 0 spiro atoms. The van der Waals surface area contributed by atoms with Gasteiger partial charge in [0.05, 0.1) is 11.8 Å². The lowest BCUT2D eigenvalue weighted by Crippen LogP contribution is -2.26. The predicted octanol–water partition coefficient (Wildman–Crippen LogP) is 1.96. The minimum atomic E-state index is 0.362. The number of thiocarbonyl (C=S) groups is 1. The van der Waals surface area contributed by atoms with E-state index in [2.05, 4.69) is 29.4 Å². The number of anilines is 1. The van der Waals surface area contributed by atoms with Gasteiger partial charge in [0.25, 0.3) is 0 Å². The highest BCUT2D eigenvalue weighted by molar-refractivity contribution is 7.80. The topological polar surface area (TPSA) is 63.8 Å². The van der Waals surface area contributed by atoms with E-state index in [4.69, 9.17) is 18.0 Å². The van der Waals surface area contributed by atoms with Crippen LogP contribution in [-0.2, 0) is 0 Å². The fourth-order valence-corrected chi connectivity index (χ4v) is 2.55. The van der Waals surface area contributed by atoms with E-state index in [1.54, 1.807) is 12.3 Å². The first-order chi connectivity index (χ1) is 8.09. The van der Waals surface area contributed by atoms with E-state index in [1.165, 1.54) is 6.42 Å². The van der Waals surface area contributed by atoms with Crippen molar-refractivity contribution >= 4 is 23.0 Å². The highest BCUT2D eigenvalue weighted by atomic mass is 32.1. The first-order valence-corrected chi connectivity index (χ1v) is 6.38. The Morgan fingerprint density at radius 1 is 1.47 bits per heavy atom. The van der Waals surface area contributed by atoms with Gasteiger partial charge >= 0.3 is 0 Å². The third-order valence-electron chi connectivity index (χ3n) is 3.77. The molecule has 1 fully saturated rings. The van der Waals surface area contributed by atoms with E-state index in [1.807, 2.05) is 0 Å². The Morgan fingerprint density at radius 2 is 2.24 bits per heavy atom. The number of hydrogen-bond acceptors (Lipinski definition) is 4. The minimum Gasteiger partial charge on any atom is -0.389 e. The van der Waals surface area contributed by atoms with Gasteiger partial charge in [0.15, 0.2) is 5.82 Å². The fourth-order valence-electron chi connectivity index (χ4n) is 2.38. The SMILES string of the molecule is CC1CCC(Nc2nnccc2C(N)=S)C1C. The largest absolute Gasteiger partial charge is 0.389 e. The van der Waals surface area contributed by atoms with Gasteiger partial charge in [0.1, 0.15) is 4.99 Å². The summed E-state index contributed by atoms with van der Waals surface area (Å²) in [5, 5.41) is 11.4. The van der Waals surface area contributed by atoms with Crippen LogP contribution in [0, 0.1) is 11.8 Å². The highest BCUT2D eigenvalue weighted by Gasteiger charge is 2.30. The summed E-state index contributed by atoms with van der Waals surface area (Å²) in [6.07, 6.45) is 4.03. The molecule has 0 aromatic carbocycles. The molecule has 3 atom stereocenters. The molecule has 92 valence electrons. The number of aromatic nitrogens is 2. The monoisotopic (exact) mass is 250 g/mol. The smallest absolute Gasteiger partial charge is 0.159 e. The highest BCUT2D eigenvalue weighted by Crippen LogP contribution is 2.33. The molecule has 1 saturated carbocycles. The minimum absolute atomic E-state index is 0.362. The Labute approximate surface area is 107 Å². The molecule has 0 bridgehead atoms. The van der Waals surface area contributed by atoms with E-state index in [0.29, 0.717) is 22.8 Å². The van der Waals surface area contributed by atoms with Crippen molar-refractivity contribution < 1.29 is 0 Å². The molecule has 3 N–H and O–H groups in total. The van der Waals surface area contributed by atoms with Crippen molar-refractivity contribution in [3.63, 3.8) is 0 Å². The number of nitrogens with one attached hydrogen (secondary N) is 1. The number of nitrogens with two attached hydrogens (primary N) is 1. The maximum absolute atomic E-state index is 5.67. The van der Waals surface area contributed by atoms with E-state index >= 15 is 0 Å². The van der Waals surface area contributed by atoms with E-state index in [9.17, 15) is 0 Å². The van der Waals surface area contributed by atoms with Crippen molar-refractivity contribution in [3.8, 4) is 0 Å². The Kier molecular flexibility index (Phi) is 3.57. The lowest BCUT2D eigenvalue weighted by atomic mass is 9.98. The molecule has 1 aliphatic carbocycles. The van der Waals surface area contributed by atoms with Crippen LogP contribution in [0.3, 0.4) is 0 Å². The van der Waals surface area contributed by atoms with Crippen LogP contribution in [0.5, 0.6) is 0 Å². The van der Waals surface area contributed by atoms with Crippen LogP contribution in [0.2, 0.25) is 0 Å². The van der Waals surface area contributed by atoms with Gasteiger partial charge in [-0.25, -0.2) is 0 Å². The molecule has 1 aliphatic rings. The average molecular weight is 250 g/mol. The van der Waals surface area contributed by atoms with Gasteiger partial charge in [-0.3, -0.25) is 0 Å². The van der Waals surface area contributed by atoms with Gasteiger partial charge < -0.3 is 11.1 Å². The third kappa shape index (κ3) is 2.54. The zero-order valence-corrected chi connectivity index (χ0v) is 11.0. The second-order valence-electron chi connectivity index (χ2n) is 4.82. The average Bonchev–Trinajstić information content (AvgIpc) is 2.61. The first kappa shape index (κ1) is 12.2. The van der Waals surface area contributed by atoms with Crippen LogP contribution in [0.25, 0.3) is 0 Å². The molecule has 3 unspecified atom stereocenters. The number of rotatable bonds is 3. The maximum atomic E-state index is 5.67. The standard InChI is InChI=1S/C12H18N4S/c1-7-3-4-10(8(7)2)15-12-9(11(13)17)5-6-14-16-12/h5-8,10H,3-4H2,1-2H3,(H2,13,17)(H,15,16). The van der Waals surface area contributed by atoms with Crippen LogP contribution in [-0.4, -0.2) is 21.2 Å². The maximum Gasteiger partial charge on any atom is 0.159 e. The molecular formula is C12H18N4S. The molecule has 17 heavy (non-hydrogen) atoms. The zero-order valence-electron chi connectivity index (χ0n) is 10.2. The molecule has 1 aromatic heterocycles. The van der Waals surface area contributed by atoms with Gasteiger partial charge in [0.2, 0.25) is 0 Å². The third-order valence-corrected chi connectivity index (χ3v) is 3.99. The Hall–Kier alpha value is -1.23. The van der Waals surface area contributed by atoms with Gasteiger partial charge in [-0.05, 0) is 30.7 Å². The molecule has 4 nitrogen and oxygen atoms in total. The second-order valence-corrected chi connectivity index (χ2v) is 5.26. The summed E-state index contributed by atoms with van der Waals surface area (Å²) in [5.41, 5.74) is 6.45. The molecule has 1 aromatic rings. The molecular weight excluding hydrogens is 232 g/mol. The number of nitrogens with zero attached hydrogens (tertiary/aromatic N) is 2. The van der Waals surface area contributed by atoms with Crippen molar-refractivity contribution in [1.82, 2.24) is 10.2 Å². The lowest BCUT2D eigenvalue weighted by molar-refractivity contribution is 0.435. The summed E-state index contributed by atoms with van der Waals surface area (Å²) >= 11 is 5.01. The fraction of sp³-hybridized carbons (Fsp3) is 0.583. The Bertz CT molecular complexity index is 421. The van der Waals surface area contributed by atoms with Crippen molar-refractivity contribution in [3.05, 3.63) is 17.8 Å². The summed E-state index contributed by atoms with van der Waals surface area (Å²) < 4.78 is 0. The summed E-state index contributed by atoms with van der Waals surface area (Å²) in [6, 6.07) is 2.25. The van der Waals surface area contributed by atoms with Gasteiger partial charge in [0, 0.05) is 6.04 Å². The van der Waals surface area contributed by atoms with E-state index in [-0.39, 0.29) is 0 Å². The molecule has 0 saturated heterocycles. The molecule has 2 rings (SSSR count). The zero-order chi connectivity index (χ0) is 12.4. The van der Waals surface area contributed by atoms with E-state index < -0.39 is 0 Å². The summed E-state index contributed by atoms with van der Waals surface area (Å²) in [6.45, 7) is 4.56. The lowest BCUT2D eigenvalue weighted by Gasteiger charge is -2.21. The van der Waals surface area contributed by atoms with Crippen molar-refractivity contribution in [2.45, 2.75) is 32.7 Å². The first-order valence-electron chi connectivity index (χ1n) is 5.97. The normalized spacial score (nSPS) is 28.0. The van der Waals surface area contributed by atoms with Crippen molar-refractivity contribution in [1.29, 1.82) is 0 Å². The summed E-state index contributed by atoms with van der Waals surface area (Å²) in [4.78, 5) is 0.362. The summed E-state index contributed by atoms with van der Waals surface area (Å²) in [7, 11) is 0. The molecule has 0 radical (unpaired) electrons. The van der Waals surface area contributed by atoms with Crippen molar-refractivity contribution in [2.24, 2.45) is 17.6 Å².